The molecule has 0 spiro atoms. The second kappa shape index (κ2) is 12.4. The third-order valence-corrected chi connectivity index (χ3v) is 4.86. The molecule has 0 unspecified atom stereocenters. The van der Waals surface area contributed by atoms with Crippen LogP contribution >= 0.6 is 0 Å². The number of halogens is 3. The van der Waals surface area contributed by atoms with Crippen molar-refractivity contribution in [1.82, 2.24) is 0 Å². The van der Waals surface area contributed by atoms with Crippen LogP contribution in [-0.2, 0) is 25.3 Å². The number of benzene rings is 3. The van der Waals surface area contributed by atoms with Crippen molar-refractivity contribution in [3.63, 3.8) is 0 Å². The van der Waals surface area contributed by atoms with E-state index in [-0.39, 0.29) is 12.8 Å². The fourth-order valence-electron chi connectivity index (χ4n) is 3.12. The number of ether oxygens (including phenoxy) is 3. The lowest BCUT2D eigenvalue weighted by Crippen LogP contribution is -2.23. The zero-order valence-electron chi connectivity index (χ0n) is 19.6. The Morgan fingerprint density at radius 2 is 1.43 bits per heavy atom. The average molecular weight is 516 g/mol. The van der Waals surface area contributed by atoms with Crippen molar-refractivity contribution < 1.29 is 41.8 Å². The number of nitrogens with one attached hydrogen (secondary N) is 2. The third-order valence-electron chi connectivity index (χ3n) is 4.86. The lowest BCUT2D eigenvalue weighted by atomic mass is 10.1. The lowest BCUT2D eigenvalue weighted by Gasteiger charge is -2.13. The van der Waals surface area contributed by atoms with E-state index < -0.39 is 41.8 Å². The Labute approximate surface area is 210 Å². The summed E-state index contributed by atoms with van der Waals surface area (Å²) in [6.45, 7) is -0.791. The Hall–Kier alpha value is -4.54. The van der Waals surface area contributed by atoms with Crippen LogP contribution in [0.4, 0.5) is 24.5 Å². The van der Waals surface area contributed by atoms with Gasteiger partial charge in [-0.15, -0.1) is 0 Å². The number of hydrogen-bond acceptors (Lipinski definition) is 6. The SMILES string of the molecule is COc1ccccc1Oc1ccc(NC(=O)CCC(=O)OCC(=O)Nc2ccccc2C(F)(F)F)cc1. The van der Waals surface area contributed by atoms with Crippen LogP contribution < -0.4 is 20.1 Å². The van der Waals surface area contributed by atoms with Crippen LogP contribution in [0.2, 0.25) is 0 Å². The van der Waals surface area contributed by atoms with Crippen molar-refractivity contribution in [3.8, 4) is 17.2 Å². The summed E-state index contributed by atoms with van der Waals surface area (Å²) in [4.78, 5) is 35.9. The quantitative estimate of drug-likeness (QED) is 0.350. The highest BCUT2D eigenvalue weighted by Crippen LogP contribution is 2.34. The first-order valence-electron chi connectivity index (χ1n) is 11.0. The summed E-state index contributed by atoms with van der Waals surface area (Å²) in [5, 5.41) is 4.68. The molecule has 2 amide bonds. The number of esters is 1. The molecule has 37 heavy (non-hydrogen) atoms. The largest absolute Gasteiger partial charge is 0.493 e. The number of rotatable bonds is 10. The maximum Gasteiger partial charge on any atom is 0.418 e. The van der Waals surface area contributed by atoms with E-state index in [1.165, 1.54) is 19.2 Å². The molecule has 0 aliphatic rings. The fraction of sp³-hybridized carbons (Fsp3) is 0.192. The molecule has 0 bridgehead atoms. The van der Waals surface area contributed by atoms with Gasteiger partial charge in [-0.05, 0) is 48.5 Å². The molecule has 0 fully saturated rings. The van der Waals surface area contributed by atoms with Crippen LogP contribution in [-0.4, -0.2) is 31.5 Å². The van der Waals surface area contributed by atoms with Gasteiger partial charge in [0.15, 0.2) is 18.1 Å². The van der Waals surface area contributed by atoms with Crippen LogP contribution in [0.25, 0.3) is 0 Å². The van der Waals surface area contributed by atoms with Crippen LogP contribution in [0, 0.1) is 0 Å². The van der Waals surface area contributed by atoms with Crippen molar-refractivity contribution in [1.29, 1.82) is 0 Å². The summed E-state index contributed by atoms with van der Waals surface area (Å²) in [5.74, 6) is -0.657. The Kier molecular flexibility index (Phi) is 9.09. The molecule has 0 heterocycles. The minimum Gasteiger partial charge on any atom is -0.493 e. The molecule has 0 aliphatic heterocycles. The number of hydrogen-bond donors (Lipinski definition) is 2. The molecule has 0 saturated heterocycles. The van der Waals surface area contributed by atoms with Gasteiger partial charge in [0.2, 0.25) is 5.91 Å². The molecular weight excluding hydrogens is 493 g/mol. The van der Waals surface area contributed by atoms with E-state index in [0.717, 1.165) is 12.1 Å². The van der Waals surface area contributed by atoms with Gasteiger partial charge in [0.1, 0.15) is 5.75 Å². The van der Waals surface area contributed by atoms with Gasteiger partial charge < -0.3 is 24.8 Å². The first kappa shape index (κ1) is 27.1. The number of para-hydroxylation sites is 3. The summed E-state index contributed by atoms with van der Waals surface area (Å²) in [5.41, 5.74) is -1.01. The van der Waals surface area contributed by atoms with Gasteiger partial charge >= 0.3 is 12.1 Å². The van der Waals surface area contributed by atoms with E-state index in [0.29, 0.717) is 22.9 Å². The molecule has 0 aromatic heterocycles. The summed E-state index contributed by atoms with van der Waals surface area (Å²) in [6.07, 6.45) is -5.21. The minimum atomic E-state index is -4.66. The van der Waals surface area contributed by atoms with Crippen molar-refractivity contribution in [2.24, 2.45) is 0 Å². The minimum absolute atomic E-state index is 0.225. The Morgan fingerprint density at radius 1 is 0.784 bits per heavy atom. The molecule has 0 radical (unpaired) electrons. The van der Waals surface area contributed by atoms with Gasteiger partial charge in [-0.2, -0.15) is 13.2 Å². The Bertz CT molecular complexity index is 1250. The maximum atomic E-state index is 13.0. The molecule has 2 N–H and O–H groups in total. The monoisotopic (exact) mass is 516 g/mol. The molecule has 3 rings (SSSR count). The number of anilines is 2. The molecule has 8 nitrogen and oxygen atoms in total. The van der Waals surface area contributed by atoms with Gasteiger partial charge in [-0.25, -0.2) is 0 Å². The fourth-order valence-corrected chi connectivity index (χ4v) is 3.12. The van der Waals surface area contributed by atoms with Crippen LogP contribution in [0.3, 0.4) is 0 Å². The highest BCUT2D eigenvalue weighted by molar-refractivity contribution is 5.95. The van der Waals surface area contributed by atoms with Crippen LogP contribution in [0.15, 0.2) is 72.8 Å². The van der Waals surface area contributed by atoms with E-state index in [9.17, 15) is 27.6 Å². The molecule has 3 aromatic rings. The zero-order valence-corrected chi connectivity index (χ0v) is 19.6. The highest BCUT2D eigenvalue weighted by Gasteiger charge is 2.33. The van der Waals surface area contributed by atoms with E-state index in [4.69, 9.17) is 14.2 Å². The summed E-state index contributed by atoms with van der Waals surface area (Å²) >= 11 is 0. The van der Waals surface area contributed by atoms with Crippen molar-refractivity contribution in [2.75, 3.05) is 24.4 Å². The van der Waals surface area contributed by atoms with Gasteiger partial charge in [0, 0.05) is 12.1 Å². The summed E-state index contributed by atoms with van der Waals surface area (Å²) in [7, 11) is 1.53. The van der Waals surface area contributed by atoms with Gasteiger partial charge in [-0.1, -0.05) is 24.3 Å². The number of alkyl halides is 3. The van der Waals surface area contributed by atoms with Crippen molar-refractivity contribution in [3.05, 3.63) is 78.4 Å². The second-order valence-electron chi connectivity index (χ2n) is 7.58. The second-order valence-corrected chi connectivity index (χ2v) is 7.58. The van der Waals surface area contributed by atoms with Crippen LogP contribution in [0.5, 0.6) is 17.2 Å². The number of carbonyl (C=O) groups excluding carboxylic acids is 3. The number of carbonyl (C=O) groups is 3. The van der Waals surface area contributed by atoms with E-state index in [1.54, 1.807) is 42.5 Å². The van der Waals surface area contributed by atoms with Gasteiger partial charge in [-0.3, -0.25) is 14.4 Å². The predicted octanol–water partition coefficient (Wildman–Crippen LogP) is 5.41. The zero-order chi connectivity index (χ0) is 26.8. The summed E-state index contributed by atoms with van der Waals surface area (Å²) < 4.78 is 54.7. The molecule has 194 valence electrons. The normalized spacial score (nSPS) is 10.8. The first-order valence-corrected chi connectivity index (χ1v) is 11.0. The molecule has 0 aliphatic carbocycles. The topological polar surface area (TPSA) is 103 Å². The summed E-state index contributed by atoms with van der Waals surface area (Å²) in [6, 6.07) is 18.1. The number of methoxy groups -OCH3 is 1. The Balaban J connectivity index is 1.41. The highest BCUT2D eigenvalue weighted by atomic mass is 19.4. The maximum absolute atomic E-state index is 13.0. The van der Waals surface area contributed by atoms with Crippen LogP contribution in [0.1, 0.15) is 18.4 Å². The van der Waals surface area contributed by atoms with Gasteiger partial charge in [0.25, 0.3) is 5.91 Å². The first-order chi connectivity index (χ1) is 17.7. The third kappa shape index (κ3) is 8.27. The predicted molar refractivity (Wildman–Crippen MR) is 128 cm³/mol. The molecular formula is C26H23F3N2O6. The molecule has 0 saturated carbocycles. The van der Waals surface area contributed by atoms with Crippen molar-refractivity contribution in [2.45, 2.75) is 19.0 Å². The Morgan fingerprint density at radius 3 is 2.11 bits per heavy atom. The van der Waals surface area contributed by atoms with Crippen molar-refractivity contribution >= 4 is 29.2 Å². The smallest absolute Gasteiger partial charge is 0.418 e. The molecule has 0 atom stereocenters. The molecule has 11 heteroatoms. The lowest BCUT2D eigenvalue weighted by molar-refractivity contribution is -0.148. The number of amides is 2. The van der Waals surface area contributed by atoms with E-state index in [1.807, 2.05) is 6.07 Å². The van der Waals surface area contributed by atoms with Gasteiger partial charge in [0.05, 0.1) is 24.8 Å². The van der Waals surface area contributed by atoms with E-state index in [2.05, 4.69) is 10.6 Å². The standard InChI is InChI=1S/C26H23F3N2O6/c1-35-21-8-4-5-9-22(21)37-18-12-10-17(11-13-18)30-23(32)14-15-25(34)36-16-24(33)31-20-7-3-2-6-19(20)26(27,28)29/h2-13H,14-16H2,1H3,(H,30,32)(H,31,33). The average Bonchev–Trinajstić information content (AvgIpc) is 2.87. The van der Waals surface area contributed by atoms with E-state index >= 15 is 0 Å². The molecule has 3 aromatic carbocycles.